The summed E-state index contributed by atoms with van der Waals surface area (Å²) in [5.74, 6) is 0. The van der Waals surface area contributed by atoms with Gasteiger partial charge in [-0.1, -0.05) is 170 Å². The van der Waals surface area contributed by atoms with Gasteiger partial charge in [-0.05, 0) is 119 Å². The molecule has 10 aromatic carbocycles. The molecule has 0 amide bonds. The molecule has 248 valence electrons. The first-order chi connectivity index (χ1) is 26.3. The van der Waals surface area contributed by atoms with Crippen LogP contribution in [-0.2, 0) is 0 Å². The fourth-order valence-electron chi connectivity index (χ4n) is 8.07. The highest BCUT2D eigenvalue weighted by Gasteiger charge is 2.17. The van der Waals surface area contributed by atoms with Gasteiger partial charge in [-0.3, -0.25) is 0 Å². The molecule has 0 unspecified atom stereocenters. The lowest BCUT2D eigenvalue weighted by Crippen LogP contribution is -2.10. The zero-order chi connectivity index (χ0) is 35.1. The summed E-state index contributed by atoms with van der Waals surface area (Å²) in [6.07, 6.45) is 0. The Bertz CT molecular complexity index is 2840. The smallest absolute Gasteiger partial charge is 0.0467 e. The molecule has 0 aliphatic heterocycles. The fraction of sp³-hybridized carbons (Fsp3) is 0. The molecule has 0 saturated carbocycles. The van der Waals surface area contributed by atoms with E-state index in [4.69, 9.17) is 0 Å². The number of anilines is 3. The monoisotopic (exact) mass is 673 g/mol. The predicted molar refractivity (Wildman–Crippen MR) is 227 cm³/mol. The van der Waals surface area contributed by atoms with Gasteiger partial charge >= 0.3 is 0 Å². The average molecular weight is 674 g/mol. The lowest BCUT2D eigenvalue weighted by Gasteiger charge is -2.27. The van der Waals surface area contributed by atoms with E-state index in [1.165, 1.54) is 76.5 Å². The Morgan fingerprint density at radius 2 is 0.736 bits per heavy atom. The molecule has 53 heavy (non-hydrogen) atoms. The average Bonchev–Trinajstić information content (AvgIpc) is 3.24. The van der Waals surface area contributed by atoms with Crippen molar-refractivity contribution < 1.29 is 0 Å². The normalized spacial score (nSPS) is 11.4. The van der Waals surface area contributed by atoms with Crippen molar-refractivity contribution in [3.63, 3.8) is 0 Å². The van der Waals surface area contributed by atoms with Gasteiger partial charge in [0.25, 0.3) is 0 Å². The van der Waals surface area contributed by atoms with Gasteiger partial charge in [0.15, 0.2) is 0 Å². The minimum atomic E-state index is 1.10. The van der Waals surface area contributed by atoms with Crippen LogP contribution in [0.25, 0.3) is 76.5 Å². The van der Waals surface area contributed by atoms with Crippen molar-refractivity contribution in [1.82, 2.24) is 0 Å². The first-order valence-corrected chi connectivity index (χ1v) is 18.3. The number of nitrogens with zero attached hydrogens (tertiary/aromatic N) is 1. The summed E-state index contributed by atoms with van der Waals surface area (Å²) in [7, 11) is 0. The largest absolute Gasteiger partial charge is 0.310 e. The maximum Gasteiger partial charge on any atom is 0.0467 e. The van der Waals surface area contributed by atoms with Crippen LogP contribution in [0.2, 0.25) is 0 Å². The highest BCUT2D eigenvalue weighted by atomic mass is 15.1. The Labute approximate surface area is 309 Å². The van der Waals surface area contributed by atoms with Crippen molar-refractivity contribution in [2.24, 2.45) is 0 Å². The molecule has 0 aromatic heterocycles. The Hall–Kier alpha value is -6.96. The third-order valence-corrected chi connectivity index (χ3v) is 10.6. The summed E-state index contributed by atoms with van der Waals surface area (Å²) < 4.78 is 0. The molecule has 0 N–H and O–H groups in total. The van der Waals surface area contributed by atoms with Crippen LogP contribution in [0.4, 0.5) is 17.1 Å². The number of hydrogen-bond acceptors (Lipinski definition) is 1. The second-order valence-electron chi connectivity index (χ2n) is 13.7. The van der Waals surface area contributed by atoms with Crippen molar-refractivity contribution in [2.45, 2.75) is 0 Å². The molecule has 0 atom stereocenters. The zero-order valence-electron chi connectivity index (χ0n) is 29.2. The highest BCUT2D eigenvalue weighted by Crippen LogP contribution is 2.43. The molecular weight excluding hydrogens is 639 g/mol. The third kappa shape index (κ3) is 5.51. The summed E-state index contributed by atoms with van der Waals surface area (Å²) in [5.41, 5.74) is 10.5. The van der Waals surface area contributed by atoms with E-state index in [9.17, 15) is 0 Å². The van der Waals surface area contributed by atoms with E-state index in [0.29, 0.717) is 0 Å². The van der Waals surface area contributed by atoms with Crippen LogP contribution in [0.3, 0.4) is 0 Å². The first-order valence-electron chi connectivity index (χ1n) is 18.3. The van der Waals surface area contributed by atoms with E-state index in [1.54, 1.807) is 0 Å². The van der Waals surface area contributed by atoms with Crippen LogP contribution in [0, 0.1) is 0 Å². The van der Waals surface area contributed by atoms with Gasteiger partial charge in [0, 0.05) is 17.1 Å². The maximum atomic E-state index is 2.39. The number of benzene rings is 10. The molecule has 1 nitrogen and oxygen atoms in total. The number of rotatable bonds is 6. The second kappa shape index (κ2) is 13.0. The van der Waals surface area contributed by atoms with Gasteiger partial charge in [-0.25, -0.2) is 0 Å². The molecule has 0 spiro atoms. The van der Waals surface area contributed by atoms with Gasteiger partial charge in [0.1, 0.15) is 0 Å². The predicted octanol–water partition coefficient (Wildman–Crippen LogP) is 14.8. The SMILES string of the molecule is c1ccc(-c2cccc(N(c3ccc(-c4cc5ccc6ccccc6c5c5c4ccc4ccccc45)cc3)c3cccc(-c4ccccc4)c3)c2)cc1. The Morgan fingerprint density at radius 1 is 0.245 bits per heavy atom. The van der Waals surface area contributed by atoms with Crippen molar-refractivity contribution in [1.29, 1.82) is 0 Å². The minimum Gasteiger partial charge on any atom is -0.310 e. The van der Waals surface area contributed by atoms with Gasteiger partial charge < -0.3 is 4.90 Å². The molecule has 0 bridgehead atoms. The molecule has 0 radical (unpaired) electrons. The third-order valence-electron chi connectivity index (χ3n) is 10.6. The molecule has 1 heteroatoms. The van der Waals surface area contributed by atoms with E-state index in [-0.39, 0.29) is 0 Å². The lowest BCUT2D eigenvalue weighted by molar-refractivity contribution is 1.28. The van der Waals surface area contributed by atoms with Gasteiger partial charge in [0.2, 0.25) is 0 Å². The van der Waals surface area contributed by atoms with Crippen LogP contribution < -0.4 is 4.90 Å². The topological polar surface area (TPSA) is 3.24 Å². The summed E-state index contributed by atoms with van der Waals surface area (Å²) >= 11 is 0. The maximum absolute atomic E-state index is 2.39. The van der Waals surface area contributed by atoms with E-state index >= 15 is 0 Å². The molecule has 0 fully saturated rings. The van der Waals surface area contributed by atoms with Crippen LogP contribution >= 0.6 is 0 Å². The Kier molecular flexibility index (Phi) is 7.55. The number of fused-ring (bicyclic) bond motifs is 7. The van der Waals surface area contributed by atoms with Gasteiger partial charge in [0.05, 0.1) is 0 Å². The summed E-state index contributed by atoms with van der Waals surface area (Å²) in [6.45, 7) is 0. The number of hydrogen-bond donors (Lipinski definition) is 0. The molecular formula is C52H35N. The second-order valence-corrected chi connectivity index (χ2v) is 13.7. The van der Waals surface area contributed by atoms with E-state index < -0.39 is 0 Å². The molecule has 0 saturated heterocycles. The lowest BCUT2D eigenvalue weighted by atomic mass is 9.88. The Balaban J connectivity index is 1.15. The molecule has 10 aromatic rings. The zero-order valence-corrected chi connectivity index (χ0v) is 29.2. The van der Waals surface area contributed by atoms with Crippen molar-refractivity contribution in [3.05, 3.63) is 212 Å². The quantitative estimate of drug-likeness (QED) is 0.159. The van der Waals surface area contributed by atoms with Crippen LogP contribution in [0.5, 0.6) is 0 Å². The molecule has 0 heterocycles. The Morgan fingerprint density at radius 3 is 1.34 bits per heavy atom. The van der Waals surface area contributed by atoms with Gasteiger partial charge in [-0.15, -0.1) is 0 Å². The van der Waals surface area contributed by atoms with Crippen LogP contribution in [0.15, 0.2) is 212 Å². The molecule has 10 rings (SSSR count). The van der Waals surface area contributed by atoms with Gasteiger partial charge in [-0.2, -0.15) is 0 Å². The minimum absolute atomic E-state index is 1.10. The van der Waals surface area contributed by atoms with Crippen molar-refractivity contribution in [3.8, 4) is 33.4 Å². The highest BCUT2D eigenvalue weighted by molar-refractivity contribution is 6.30. The van der Waals surface area contributed by atoms with Crippen LogP contribution in [0.1, 0.15) is 0 Å². The fourth-order valence-corrected chi connectivity index (χ4v) is 8.07. The van der Waals surface area contributed by atoms with E-state index in [2.05, 4.69) is 217 Å². The van der Waals surface area contributed by atoms with E-state index in [0.717, 1.165) is 17.1 Å². The standard InChI is InChI=1S/C52H35N/c1-3-13-36(14-4-1)41-19-11-21-45(33-41)53(46-22-12-20-42(34-46)37-15-5-2-6-16-37)44-30-27-40(28-31-44)50-35-43-26-25-38-17-7-9-23-47(38)51(43)52-48-24-10-8-18-39(48)29-32-49(50)52/h1-35H. The first kappa shape index (κ1) is 30.8. The van der Waals surface area contributed by atoms with Crippen molar-refractivity contribution in [2.75, 3.05) is 4.90 Å². The summed E-state index contributed by atoms with van der Waals surface area (Å²) in [4.78, 5) is 2.38. The van der Waals surface area contributed by atoms with Crippen LogP contribution in [-0.4, -0.2) is 0 Å². The summed E-state index contributed by atoms with van der Waals surface area (Å²) in [6, 6.07) is 77.2. The molecule has 0 aliphatic rings. The van der Waals surface area contributed by atoms with E-state index in [1.807, 2.05) is 0 Å². The van der Waals surface area contributed by atoms with Crippen molar-refractivity contribution >= 4 is 60.2 Å². The molecule has 0 aliphatic carbocycles. The summed E-state index contributed by atoms with van der Waals surface area (Å²) in [5, 5.41) is 10.2.